The van der Waals surface area contributed by atoms with Crippen molar-refractivity contribution in [1.82, 2.24) is 0 Å². The van der Waals surface area contributed by atoms with Gasteiger partial charge in [0.15, 0.2) is 11.6 Å². The van der Waals surface area contributed by atoms with E-state index in [2.05, 4.69) is 0 Å². The summed E-state index contributed by atoms with van der Waals surface area (Å²) in [5, 5.41) is 19.9. The maximum atomic E-state index is 12.2. The second-order valence-corrected chi connectivity index (χ2v) is 4.33. The number of fused-ring (bicyclic) bond motifs is 2. The lowest BCUT2D eigenvalue weighted by Gasteiger charge is -2.23. The highest BCUT2D eigenvalue weighted by molar-refractivity contribution is 6.27. The van der Waals surface area contributed by atoms with Gasteiger partial charge in [-0.25, -0.2) is 0 Å². The number of carbonyl (C=O) groups is 2. The zero-order valence-corrected chi connectivity index (χ0v) is 9.43. The quantitative estimate of drug-likeness (QED) is 0.731. The Balaban J connectivity index is 2.39. The normalized spacial score (nSPS) is 18.3. The molecule has 2 aliphatic rings. The zero-order valence-electron chi connectivity index (χ0n) is 9.43. The van der Waals surface area contributed by atoms with E-state index in [4.69, 9.17) is 0 Å². The summed E-state index contributed by atoms with van der Waals surface area (Å²) in [5.74, 6) is -1.02. The predicted octanol–water partition coefficient (Wildman–Crippen LogP) is 2.15. The fourth-order valence-electron chi connectivity index (χ4n) is 2.44. The van der Waals surface area contributed by atoms with Crippen molar-refractivity contribution in [1.29, 1.82) is 0 Å². The van der Waals surface area contributed by atoms with Crippen LogP contribution < -0.4 is 0 Å². The van der Waals surface area contributed by atoms with E-state index in [1.54, 1.807) is 6.08 Å². The summed E-state index contributed by atoms with van der Waals surface area (Å²) in [6.07, 6.45) is 2.43. The van der Waals surface area contributed by atoms with E-state index >= 15 is 0 Å². The Morgan fingerprint density at radius 1 is 1.11 bits per heavy atom. The third-order valence-electron chi connectivity index (χ3n) is 3.27. The first-order valence-electron chi connectivity index (χ1n) is 5.65. The van der Waals surface area contributed by atoms with Crippen LogP contribution in [0.2, 0.25) is 0 Å². The average molecular weight is 242 g/mol. The van der Waals surface area contributed by atoms with Crippen LogP contribution in [0.25, 0.3) is 5.76 Å². The molecule has 0 fully saturated rings. The first-order chi connectivity index (χ1) is 8.61. The van der Waals surface area contributed by atoms with Crippen molar-refractivity contribution < 1.29 is 19.8 Å². The van der Waals surface area contributed by atoms with Crippen molar-refractivity contribution >= 4 is 17.3 Å². The summed E-state index contributed by atoms with van der Waals surface area (Å²) in [6.45, 7) is 0. The number of aliphatic hydroxyl groups excluding tert-OH is 1. The highest BCUT2D eigenvalue weighted by Gasteiger charge is 2.36. The van der Waals surface area contributed by atoms with Crippen LogP contribution in [0.5, 0.6) is 5.75 Å². The molecule has 0 bridgehead atoms. The minimum absolute atomic E-state index is 0.0692. The average Bonchev–Trinajstić information content (AvgIpc) is 2.35. The van der Waals surface area contributed by atoms with Crippen LogP contribution in [-0.2, 0) is 4.79 Å². The van der Waals surface area contributed by atoms with Gasteiger partial charge in [0.25, 0.3) is 0 Å². The Kier molecular flexibility index (Phi) is 2.13. The monoisotopic (exact) mass is 242 g/mol. The van der Waals surface area contributed by atoms with Crippen LogP contribution in [0.15, 0.2) is 35.4 Å². The predicted molar refractivity (Wildman–Crippen MR) is 64.3 cm³/mol. The Hall–Kier alpha value is -2.36. The van der Waals surface area contributed by atoms with Crippen molar-refractivity contribution in [2.24, 2.45) is 0 Å². The molecule has 0 heterocycles. The number of hydrogen-bond acceptors (Lipinski definition) is 4. The van der Waals surface area contributed by atoms with E-state index < -0.39 is 5.78 Å². The van der Waals surface area contributed by atoms with Crippen molar-refractivity contribution in [2.75, 3.05) is 0 Å². The van der Waals surface area contributed by atoms with Crippen LogP contribution in [-0.4, -0.2) is 21.8 Å². The third kappa shape index (κ3) is 1.26. The molecular formula is C14H10O4. The SMILES string of the molecule is O=C1CCC=C2C(=O)c3c(O)cccc3C(O)=C12. The molecule has 0 amide bonds. The van der Waals surface area contributed by atoms with E-state index in [0.717, 1.165) is 0 Å². The molecule has 0 aromatic heterocycles. The number of Topliss-reactive ketones (excluding diaryl/α,β-unsaturated/α-hetero) is 2. The van der Waals surface area contributed by atoms with Gasteiger partial charge >= 0.3 is 0 Å². The van der Waals surface area contributed by atoms with Gasteiger partial charge in [-0.1, -0.05) is 18.2 Å². The number of rotatable bonds is 0. The molecule has 4 heteroatoms. The highest BCUT2D eigenvalue weighted by atomic mass is 16.3. The standard InChI is InChI=1S/C14H10O4/c15-9-5-1-3-7-11(9)14(18)8-4-2-6-10(16)12(8)13(7)17/h1,3-5,15,17H,2,6H2. The minimum atomic E-state index is -0.399. The molecule has 1 aromatic rings. The fraction of sp³-hybridized carbons (Fsp3) is 0.143. The number of aliphatic hydroxyl groups is 1. The summed E-state index contributed by atoms with van der Waals surface area (Å²) in [4.78, 5) is 24.0. The molecular weight excluding hydrogens is 232 g/mol. The molecule has 4 nitrogen and oxygen atoms in total. The first kappa shape index (κ1) is 10.8. The lowest BCUT2D eigenvalue weighted by Crippen LogP contribution is -2.23. The van der Waals surface area contributed by atoms with Crippen LogP contribution in [0.3, 0.4) is 0 Å². The molecule has 0 saturated heterocycles. The van der Waals surface area contributed by atoms with Crippen molar-refractivity contribution in [2.45, 2.75) is 12.8 Å². The van der Waals surface area contributed by atoms with Gasteiger partial charge in [0.2, 0.25) is 0 Å². The zero-order chi connectivity index (χ0) is 12.9. The molecule has 0 radical (unpaired) electrons. The van der Waals surface area contributed by atoms with Gasteiger partial charge in [-0.3, -0.25) is 9.59 Å². The van der Waals surface area contributed by atoms with Crippen molar-refractivity contribution in [3.8, 4) is 5.75 Å². The highest BCUT2D eigenvalue weighted by Crippen LogP contribution is 2.39. The number of ketones is 2. The van der Waals surface area contributed by atoms with E-state index in [-0.39, 0.29) is 39.6 Å². The number of carbonyl (C=O) groups excluding carboxylic acids is 2. The fourth-order valence-corrected chi connectivity index (χ4v) is 2.44. The summed E-state index contributed by atoms with van der Waals surface area (Å²) >= 11 is 0. The van der Waals surface area contributed by atoms with Gasteiger partial charge in [0.1, 0.15) is 11.5 Å². The molecule has 90 valence electrons. The largest absolute Gasteiger partial charge is 0.507 e. The Morgan fingerprint density at radius 3 is 2.67 bits per heavy atom. The molecule has 0 unspecified atom stereocenters. The number of hydrogen-bond donors (Lipinski definition) is 2. The summed E-state index contributed by atoms with van der Waals surface area (Å²) in [5.41, 5.74) is 0.587. The van der Waals surface area contributed by atoms with E-state index in [1.165, 1.54) is 18.2 Å². The Bertz CT molecular complexity index is 650. The number of phenols is 1. The summed E-state index contributed by atoms with van der Waals surface area (Å²) < 4.78 is 0. The van der Waals surface area contributed by atoms with Crippen LogP contribution in [0.1, 0.15) is 28.8 Å². The van der Waals surface area contributed by atoms with E-state index in [9.17, 15) is 19.8 Å². The van der Waals surface area contributed by atoms with Crippen molar-refractivity contribution in [3.63, 3.8) is 0 Å². The van der Waals surface area contributed by atoms with Gasteiger partial charge in [-0.2, -0.15) is 0 Å². The molecule has 2 aliphatic carbocycles. The number of allylic oxidation sites excluding steroid dienone is 3. The molecule has 0 spiro atoms. The van der Waals surface area contributed by atoms with E-state index in [1.807, 2.05) is 0 Å². The molecule has 0 saturated carbocycles. The van der Waals surface area contributed by atoms with E-state index in [0.29, 0.717) is 12.8 Å². The van der Waals surface area contributed by atoms with Gasteiger partial charge in [0.05, 0.1) is 11.1 Å². The van der Waals surface area contributed by atoms with Crippen molar-refractivity contribution in [3.05, 3.63) is 46.5 Å². The first-order valence-corrected chi connectivity index (χ1v) is 5.65. The molecule has 3 rings (SSSR count). The molecule has 1 aromatic carbocycles. The molecule has 2 N–H and O–H groups in total. The van der Waals surface area contributed by atoms with Crippen LogP contribution >= 0.6 is 0 Å². The smallest absolute Gasteiger partial charge is 0.198 e. The lowest BCUT2D eigenvalue weighted by atomic mass is 9.79. The molecule has 0 atom stereocenters. The number of phenolic OH excluding ortho intramolecular Hbond substituents is 1. The summed E-state index contributed by atoms with van der Waals surface area (Å²) in [6, 6.07) is 4.44. The van der Waals surface area contributed by atoms with Crippen LogP contribution in [0, 0.1) is 0 Å². The topological polar surface area (TPSA) is 74.6 Å². The maximum absolute atomic E-state index is 12.2. The summed E-state index contributed by atoms with van der Waals surface area (Å²) in [7, 11) is 0. The van der Waals surface area contributed by atoms with Crippen LogP contribution in [0.4, 0.5) is 0 Å². The van der Waals surface area contributed by atoms with Gasteiger partial charge in [0, 0.05) is 17.6 Å². The molecule has 18 heavy (non-hydrogen) atoms. The Labute approximate surface area is 103 Å². The number of benzene rings is 1. The second kappa shape index (κ2) is 3.57. The second-order valence-electron chi connectivity index (χ2n) is 4.33. The van der Waals surface area contributed by atoms with Gasteiger partial charge in [-0.15, -0.1) is 0 Å². The third-order valence-corrected chi connectivity index (χ3v) is 3.27. The molecule has 0 aliphatic heterocycles. The number of aromatic hydroxyl groups is 1. The lowest BCUT2D eigenvalue weighted by molar-refractivity contribution is -0.115. The minimum Gasteiger partial charge on any atom is -0.507 e. The Morgan fingerprint density at radius 2 is 1.89 bits per heavy atom. The van der Waals surface area contributed by atoms with Gasteiger partial charge in [-0.05, 0) is 12.5 Å². The van der Waals surface area contributed by atoms with Gasteiger partial charge < -0.3 is 10.2 Å². The maximum Gasteiger partial charge on any atom is 0.198 e.